The van der Waals surface area contributed by atoms with E-state index in [1.165, 1.54) is 11.1 Å². The molecular formula is C26H37B2O4-. The first-order valence-corrected chi connectivity index (χ1v) is 11.4. The van der Waals surface area contributed by atoms with Gasteiger partial charge in [-0.15, -0.1) is 0 Å². The summed E-state index contributed by atoms with van der Waals surface area (Å²) >= 11 is 0. The van der Waals surface area contributed by atoms with Crippen LogP contribution in [-0.4, -0.2) is 42.1 Å². The van der Waals surface area contributed by atoms with E-state index in [9.17, 15) is 5.11 Å². The summed E-state index contributed by atoms with van der Waals surface area (Å²) in [5.41, 5.74) is 8.65. The quantitative estimate of drug-likeness (QED) is 0.565. The number of benzene rings is 2. The van der Waals surface area contributed by atoms with Gasteiger partial charge in [0.25, 0.3) is 0 Å². The molecule has 0 unspecified atom stereocenters. The van der Waals surface area contributed by atoms with Crippen molar-refractivity contribution >= 4 is 24.8 Å². The summed E-state index contributed by atoms with van der Waals surface area (Å²) in [6.45, 7) is 20.5. The van der Waals surface area contributed by atoms with Gasteiger partial charge in [-0.1, -0.05) is 58.7 Å². The number of aliphatic hydroxyl groups is 1. The summed E-state index contributed by atoms with van der Waals surface area (Å²) in [5, 5.41) is 10.7. The Morgan fingerprint density at radius 1 is 0.812 bits per heavy atom. The first kappa shape index (κ1) is 24.8. The third-order valence-electron chi connectivity index (χ3n) is 6.96. The van der Waals surface area contributed by atoms with Crippen molar-refractivity contribution in [1.29, 1.82) is 0 Å². The lowest BCUT2D eigenvalue weighted by molar-refractivity contribution is 0.00578. The molecule has 0 aromatic heterocycles. The number of hydrogen-bond donors (Lipinski definition) is 1. The van der Waals surface area contributed by atoms with Crippen LogP contribution in [0.15, 0.2) is 24.3 Å². The molecule has 0 spiro atoms. The van der Waals surface area contributed by atoms with Gasteiger partial charge in [-0.2, -0.15) is 0 Å². The third kappa shape index (κ3) is 4.59. The van der Waals surface area contributed by atoms with Crippen LogP contribution in [0.25, 0.3) is 0 Å². The molecule has 2 aromatic rings. The van der Waals surface area contributed by atoms with Crippen LogP contribution in [0, 0.1) is 41.5 Å². The van der Waals surface area contributed by atoms with E-state index >= 15 is 0 Å². The van der Waals surface area contributed by atoms with Crippen molar-refractivity contribution in [3.05, 3.63) is 63.2 Å². The van der Waals surface area contributed by atoms with Gasteiger partial charge in [0.15, 0.2) is 0 Å². The number of aliphatic hydroxyl groups excluding tert-OH is 1. The molecule has 3 rings (SSSR count). The first-order valence-electron chi connectivity index (χ1n) is 11.4. The van der Waals surface area contributed by atoms with Gasteiger partial charge in [0.05, 0.1) is 11.2 Å². The zero-order valence-electron chi connectivity index (χ0n) is 21.3. The molecule has 1 N–H and O–H groups in total. The normalized spacial score (nSPS) is 18.0. The summed E-state index contributed by atoms with van der Waals surface area (Å²) in [4.78, 5) is 0. The molecule has 0 atom stereocenters. The molecule has 32 heavy (non-hydrogen) atoms. The van der Waals surface area contributed by atoms with E-state index < -0.39 is 18.5 Å². The van der Waals surface area contributed by atoms with Crippen LogP contribution in [0.5, 0.6) is 0 Å². The molecule has 6 heteroatoms. The Balaban J connectivity index is 2.26. The summed E-state index contributed by atoms with van der Waals surface area (Å²) in [6, 6.07) is 8.62. The highest BCUT2D eigenvalue weighted by Crippen LogP contribution is 2.37. The van der Waals surface area contributed by atoms with Crippen LogP contribution in [0.4, 0.5) is 0 Å². The number of rotatable bonds is 5. The molecule has 1 heterocycles. The SMILES string of the molecule is Cc1cc(C)c([B-]([13CH2]O)=[13C](OB2OC(C)(C)C(C)(C)O2)c2c(C)cc(C)cc2C)c(C)c1. The molecule has 0 aliphatic carbocycles. The van der Waals surface area contributed by atoms with Crippen molar-refractivity contribution in [2.75, 3.05) is 6.51 Å². The average Bonchev–Trinajstić information content (AvgIpc) is 2.82. The Morgan fingerprint density at radius 2 is 1.22 bits per heavy atom. The van der Waals surface area contributed by atoms with Gasteiger partial charge in [-0.25, -0.2) is 5.46 Å². The summed E-state index contributed by atoms with van der Waals surface area (Å²) < 4.78 is 18.9. The topological polar surface area (TPSA) is 47.9 Å². The molecule has 0 saturated carbocycles. The third-order valence-corrected chi connectivity index (χ3v) is 6.96. The number of hydrogen-bond acceptors (Lipinski definition) is 4. The van der Waals surface area contributed by atoms with Gasteiger partial charge in [0.2, 0.25) is 0 Å². The monoisotopic (exact) mass is 437 g/mol. The molecule has 4 nitrogen and oxygen atoms in total. The maximum atomic E-state index is 10.7. The first-order chi connectivity index (χ1) is 14.8. The van der Waals surface area contributed by atoms with Gasteiger partial charge in [0.1, 0.15) is 0 Å². The van der Waals surface area contributed by atoms with E-state index in [1.54, 1.807) is 0 Å². The van der Waals surface area contributed by atoms with Crippen LogP contribution in [-0.2, 0) is 14.0 Å². The van der Waals surface area contributed by atoms with Gasteiger partial charge in [-0.05, 0) is 92.3 Å². The van der Waals surface area contributed by atoms with E-state index in [-0.39, 0.29) is 12.9 Å². The molecule has 0 bridgehead atoms. The zero-order chi connectivity index (χ0) is 24.0. The molecule has 2 aromatic carbocycles. The van der Waals surface area contributed by atoms with Crippen molar-refractivity contribution in [2.24, 2.45) is 0 Å². The molecule has 1 saturated heterocycles. The second-order valence-corrected chi connectivity index (χ2v) is 10.3. The highest BCUT2D eigenvalue weighted by molar-refractivity contribution is 6.84. The molecule has 0 amide bonds. The molecule has 1 aliphatic heterocycles. The standard InChI is InChI=1S/C26H37B2O4/c1-16-11-18(3)22(19(4)12-16)24(30-28-31-25(7,8)26(9,10)32-28)27(15-29)23-20(5)13-17(2)14-21(23)6/h11-14,29H,15H2,1-10H3/q-1/i15+1,24+1. The lowest BCUT2D eigenvalue weighted by Crippen LogP contribution is -2.42. The lowest BCUT2D eigenvalue weighted by Gasteiger charge is -2.32. The maximum Gasteiger partial charge on any atom is 0.710 e. The minimum atomic E-state index is -0.852. The van der Waals surface area contributed by atoms with E-state index in [0.29, 0.717) is 5.65 Å². The van der Waals surface area contributed by atoms with Crippen molar-refractivity contribution in [2.45, 2.75) is 80.4 Å². The second kappa shape index (κ2) is 8.81. The van der Waals surface area contributed by atoms with E-state index in [1.807, 2.05) is 27.7 Å². The van der Waals surface area contributed by atoms with Crippen LogP contribution in [0.2, 0.25) is 0 Å². The molecule has 172 valence electrons. The van der Waals surface area contributed by atoms with Crippen molar-refractivity contribution in [3.8, 4) is 0 Å². The van der Waals surface area contributed by atoms with Crippen molar-refractivity contribution < 1.29 is 19.1 Å². The van der Waals surface area contributed by atoms with E-state index in [4.69, 9.17) is 14.0 Å². The van der Waals surface area contributed by atoms with Gasteiger partial charge < -0.3 is 19.1 Å². The Kier molecular flexibility index (Phi) is 6.82. The van der Waals surface area contributed by atoms with Crippen LogP contribution in [0.1, 0.15) is 66.6 Å². The minimum absolute atomic E-state index is 0.0770. The Morgan fingerprint density at radius 3 is 1.62 bits per heavy atom. The van der Waals surface area contributed by atoms with Crippen LogP contribution >= 0.6 is 0 Å². The fourth-order valence-electron chi connectivity index (χ4n) is 4.87. The van der Waals surface area contributed by atoms with Crippen LogP contribution in [0.3, 0.4) is 0 Å². The predicted octanol–water partition coefficient (Wildman–Crippen LogP) is 4.14. The highest BCUT2D eigenvalue weighted by atomic mass is 16.8. The zero-order valence-corrected chi connectivity index (χ0v) is 21.3. The van der Waals surface area contributed by atoms with Gasteiger partial charge in [0, 0.05) is 0 Å². The largest absolute Gasteiger partial charge is 0.710 e. The molecule has 1 fully saturated rings. The molecular weight excluding hydrogens is 400 g/mol. The average molecular weight is 437 g/mol. The Labute approximate surface area is 194 Å². The predicted molar refractivity (Wildman–Crippen MR) is 135 cm³/mol. The van der Waals surface area contributed by atoms with Crippen molar-refractivity contribution in [1.82, 2.24) is 0 Å². The van der Waals surface area contributed by atoms with Crippen molar-refractivity contribution in [3.63, 3.8) is 0 Å². The Bertz CT molecular complexity index is 1010. The van der Waals surface area contributed by atoms with Crippen LogP contribution < -0.4 is 5.46 Å². The fourth-order valence-corrected chi connectivity index (χ4v) is 4.87. The minimum Gasteiger partial charge on any atom is -0.555 e. The molecule has 0 radical (unpaired) electrons. The smallest absolute Gasteiger partial charge is 0.555 e. The summed E-state index contributed by atoms with van der Waals surface area (Å²) in [5.74, 6) is 0. The summed E-state index contributed by atoms with van der Waals surface area (Å²) in [7, 11) is -0.852. The molecule has 1 aliphatic rings. The maximum absolute atomic E-state index is 10.7. The van der Waals surface area contributed by atoms with E-state index in [0.717, 1.165) is 33.3 Å². The fraction of sp³-hybridized carbons (Fsp3) is 0.500. The lowest BCUT2D eigenvalue weighted by atomic mass is 9.64. The van der Waals surface area contributed by atoms with E-state index in [2.05, 4.69) is 65.8 Å². The summed E-state index contributed by atoms with van der Waals surface area (Å²) in [6.07, 6.45) is -0.338. The number of aryl methyl sites for hydroxylation is 6. The van der Waals surface area contributed by atoms with Gasteiger partial charge >= 0.3 is 7.32 Å². The van der Waals surface area contributed by atoms with Gasteiger partial charge in [-0.3, -0.25) is 0 Å². The highest BCUT2D eigenvalue weighted by Gasteiger charge is 2.54. The Hall–Kier alpha value is -1.88. The second-order valence-electron chi connectivity index (χ2n) is 10.3.